The molecule has 3 atom stereocenters. The molecule has 0 saturated heterocycles. The minimum absolute atomic E-state index is 0.0196. The van der Waals surface area contributed by atoms with Gasteiger partial charge in [0.1, 0.15) is 11.6 Å². The number of ether oxygens (including phenoxy) is 2. The van der Waals surface area contributed by atoms with E-state index in [9.17, 15) is 9.18 Å². The Morgan fingerprint density at radius 3 is 2.53 bits per heavy atom. The molecule has 2 aromatic carbocycles. The zero-order valence-corrected chi connectivity index (χ0v) is 20.1. The van der Waals surface area contributed by atoms with Gasteiger partial charge in [-0.25, -0.2) is 9.07 Å². The van der Waals surface area contributed by atoms with Crippen molar-refractivity contribution in [1.82, 2.24) is 20.2 Å². The van der Waals surface area contributed by atoms with Crippen LogP contribution in [0, 0.1) is 11.7 Å². The zero-order chi connectivity index (χ0) is 24.4. The molecule has 3 unspecified atom stereocenters. The van der Waals surface area contributed by atoms with E-state index in [0.29, 0.717) is 12.2 Å². The van der Waals surface area contributed by atoms with Crippen molar-refractivity contribution in [3.8, 4) is 17.1 Å². The Morgan fingerprint density at radius 1 is 1.18 bits per heavy atom. The van der Waals surface area contributed by atoms with Gasteiger partial charge in [-0.05, 0) is 73.0 Å². The number of nitrogens with zero attached hydrogens (tertiary/aromatic N) is 5. The van der Waals surface area contributed by atoms with Gasteiger partial charge in [0.05, 0.1) is 24.8 Å². The van der Waals surface area contributed by atoms with Crippen molar-refractivity contribution in [3.63, 3.8) is 0 Å². The van der Waals surface area contributed by atoms with Crippen LogP contribution >= 0.6 is 0 Å². The highest BCUT2D eigenvalue weighted by Gasteiger charge is 2.44. The van der Waals surface area contributed by atoms with Crippen molar-refractivity contribution in [2.24, 2.45) is 13.0 Å². The molecule has 1 saturated carbocycles. The standard InChI is InChI=1S/C25H30FN5O3/c1-15(2)34-22-13-8-17(24-27-28-29-31(24)4)14-21(22)30(3)20-12-11-19(25(32)33-5)23(20)16-6-9-18(26)10-7-16/h6-10,13-15,19-20,23H,11-12H2,1-5H3. The molecule has 0 aliphatic heterocycles. The number of anilines is 1. The highest BCUT2D eigenvalue weighted by Crippen LogP contribution is 2.46. The number of carbonyl (C=O) groups is 1. The van der Waals surface area contributed by atoms with Crippen molar-refractivity contribution in [2.45, 2.75) is 44.8 Å². The molecular weight excluding hydrogens is 437 g/mol. The molecule has 1 fully saturated rings. The summed E-state index contributed by atoms with van der Waals surface area (Å²) in [5.74, 6) is 0.339. The summed E-state index contributed by atoms with van der Waals surface area (Å²) in [6.07, 6.45) is 1.43. The number of esters is 1. The average molecular weight is 468 g/mol. The lowest BCUT2D eigenvalue weighted by Gasteiger charge is -2.34. The minimum Gasteiger partial charge on any atom is -0.489 e. The molecule has 4 rings (SSSR count). The van der Waals surface area contributed by atoms with Crippen LogP contribution in [0.2, 0.25) is 0 Å². The van der Waals surface area contributed by atoms with Crippen LogP contribution in [0.3, 0.4) is 0 Å². The molecule has 0 bridgehead atoms. The lowest BCUT2D eigenvalue weighted by molar-refractivity contribution is -0.145. The second kappa shape index (κ2) is 9.79. The summed E-state index contributed by atoms with van der Waals surface area (Å²) in [6.45, 7) is 3.96. The molecule has 0 spiro atoms. The maximum absolute atomic E-state index is 13.7. The number of aryl methyl sites for hydroxylation is 1. The van der Waals surface area contributed by atoms with Gasteiger partial charge in [-0.3, -0.25) is 4.79 Å². The van der Waals surface area contributed by atoms with E-state index >= 15 is 0 Å². The molecule has 1 aromatic heterocycles. The van der Waals surface area contributed by atoms with Crippen molar-refractivity contribution < 1.29 is 18.7 Å². The lowest BCUT2D eigenvalue weighted by Crippen LogP contribution is -2.37. The summed E-state index contributed by atoms with van der Waals surface area (Å²) in [5, 5.41) is 11.8. The maximum Gasteiger partial charge on any atom is 0.309 e. The largest absolute Gasteiger partial charge is 0.489 e. The first-order chi connectivity index (χ1) is 16.3. The number of rotatable bonds is 7. The van der Waals surface area contributed by atoms with Crippen LogP contribution in [-0.4, -0.2) is 52.5 Å². The molecule has 1 aliphatic carbocycles. The Balaban J connectivity index is 1.77. The fraction of sp³-hybridized carbons (Fsp3) is 0.440. The third kappa shape index (κ3) is 4.60. The number of halogens is 1. The maximum atomic E-state index is 13.7. The van der Waals surface area contributed by atoms with E-state index in [0.717, 1.165) is 29.0 Å². The van der Waals surface area contributed by atoms with E-state index in [1.54, 1.807) is 23.9 Å². The molecule has 34 heavy (non-hydrogen) atoms. The monoisotopic (exact) mass is 467 g/mol. The summed E-state index contributed by atoms with van der Waals surface area (Å²) in [5.41, 5.74) is 2.63. The second-order valence-electron chi connectivity index (χ2n) is 8.94. The van der Waals surface area contributed by atoms with Gasteiger partial charge in [-0.1, -0.05) is 12.1 Å². The number of hydrogen-bond donors (Lipinski definition) is 0. The summed E-state index contributed by atoms with van der Waals surface area (Å²) in [6, 6.07) is 12.2. The van der Waals surface area contributed by atoms with Crippen molar-refractivity contribution in [1.29, 1.82) is 0 Å². The van der Waals surface area contributed by atoms with Crippen LogP contribution in [-0.2, 0) is 16.6 Å². The third-order valence-electron chi connectivity index (χ3n) is 6.46. The number of carbonyl (C=O) groups excluding carboxylic acids is 1. The number of benzene rings is 2. The number of methoxy groups -OCH3 is 1. The summed E-state index contributed by atoms with van der Waals surface area (Å²) in [7, 11) is 5.20. The van der Waals surface area contributed by atoms with Crippen molar-refractivity contribution >= 4 is 11.7 Å². The molecule has 1 aliphatic rings. The Labute approximate surface area is 198 Å². The van der Waals surface area contributed by atoms with Crippen LogP contribution in [0.15, 0.2) is 42.5 Å². The van der Waals surface area contributed by atoms with Crippen LogP contribution in [0.4, 0.5) is 10.1 Å². The normalized spacial score (nSPS) is 19.9. The summed E-state index contributed by atoms with van der Waals surface area (Å²) >= 11 is 0. The lowest BCUT2D eigenvalue weighted by atomic mass is 9.85. The molecule has 0 N–H and O–H groups in total. The van der Waals surface area contributed by atoms with E-state index in [1.807, 2.05) is 39.1 Å². The van der Waals surface area contributed by atoms with Gasteiger partial charge in [0, 0.05) is 31.6 Å². The van der Waals surface area contributed by atoms with Crippen LogP contribution in [0.25, 0.3) is 11.4 Å². The van der Waals surface area contributed by atoms with Gasteiger partial charge in [0.15, 0.2) is 5.82 Å². The summed E-state index contributed by atoms with van der Waals surface area (Å²) in [4.78, 5) is 14.8. The van der Waals surface area contributed by atoms with Crippen LogP contribution in [0.1, 0.15) is 38.2 Å². The molecule has 0 radical (unpaired) electrons. The Morgan fingerprint density at radius 2 is 1.91 bits per heavy atom. The van der Waals surface area contributed by atoms with E-state index in [4.69, 9.17) is 9.47 Å². The number of tetrazole rings is 1. The highest BCUT2D eigenvalue weighted by molar-refractivity contribution is 5.75. The third-order valence-corrected chi connectivity index (χ3v) is 6.46. The number of aromatic nitrogens is 4. The van der Waals surface area contributed by atoms with Crippen molar-refractivity contribution in [2.75, 3.05) is 19.1 Å². The predicted octanol–water partition coefficient (Wildman–Crippen LogP) is 3.98. The van der Waals surface area contributed by atoms with E-state index in [1.165, 1.54) is 19.2 Å². The topological polar surface area (TPSA) is 82.4 Å². The Hall–Kier alpha value is -3.49. The quantitative estimate of drug-likeness (QED) is 0.486. The Bertz CT molecular complexity index is 1150. The average Bonchev–Trinajstić information content (AvgIpc) is 3.45. The molecule has 9 heteroatoms. The molecule has 0 amide bonds. The van der Waals surface area contributed by atoms with Crippen molar-refractivity contribution in [3.05, 3.63) is 53.8 Å². The van der Waals surface area contributed by atoms with Gasteiger partial charge >= 0.3 is 5.97 Å². The Kier molecular flexibility index (Phi) is 6.81. The predicted molar refractivity (Wildman–Crippen MR) is 126 cm³/mol. The number of likely N-dealkylation sites (N-methyl/N-ethyl adjacent to an activating group) is 1. The first-order valence-corrected chi connectivity index (χ1v) is 11.4. The minimum atomic E-state index is -0.316. The highest BCUT2D eigenvalue weighted by atomic mass is 19.1. The fourth-order valence-corrected chi connectivity index (χ4v) is 4.91. The first-order valence-electron chi connectivity index (χ1n) is 11.4. The van der Waals surface area contributed by atoms with E-state index < -0.39 is 0 Å². The van der Waals surface area contributed by atoms with Gasteiger partial charge in [0.2, 0.25) is 0 Å². The van der Waals surface area contributed by atoms with Gasteiger partial charge in [-0.15, -0.1) is 5.10 Å². The molecular formula is C25H30FN5O3. The molecule has 180 valence electrons. The SMILES string of the molecule is COC(=O)C1CCC(N(C)c2cc(-c3nnnn3C)ccc2OC(C)C)C1c1ccc(F)cc1. The van der Waals surface area contributed by atoms with E-state index in [2.05, 4.69) is 20.4 Å². The van der Waals surface area contributed by atoms with E-state index in [-0.39, 0.29) is 35.8 Å². The van der Waals surface area contributed by atoms with Gasteiger partial charge in [0.25, 0.3) is 0 Å². The second-order valence-corrected chi connectivity index (χ2v) is 8.94. The fourth-order valence-electron chi connectivity index (χ4n) is 4.91. The molecule has 3 aromatic rings. The van der Waals surface area contributed by atoms with Crippen LogP contribution in [0.5, 0.6) is 5.75 Å². The smallest absolute Gasteiger partial charge is 0.309 e. The zero-order valence-electron chi connectivity index (χ0n) is 20.1. The summed E-state index contributed by atoms with van der Waals surface area (Å²) < 4.78 is 26.5. The van der Waals surface area contributed by atoms with Gasteiger partial charge < -0.3 is 14.4 Å². The molecule has 8 nitrogen and oxygen atoms in total. The van der Waals surface area contributed by atoms with Gasteiger partial charge in [-0.2, -0.15) is 0 Å². The molecule has 1 heterocycles. The first kappa shape index (κ1) is 23.7. The van der Waals surface area contributed by atoms with Crippen LogP contribution < -0.4 is 9.64 Å². The number of hydrogen-bond acceptors (Lipinski definition) is 7.